The molecule has 0 aliphatic carbocycles. The van der Waals surface area contributed by atoms with E-state index in [1.165, 1.54) is 0 Å². The fraction of sp³-hybridized carbons (Fsp3) is 0.214. The van der Waals surface area contributed by atoms with Gasteiger partial charge in [-0.15, -0.1) is 0 Å². The molecule has 0 spiro atoms. The first-order chi connectivity index (χ1) is 17.7. The maximum atomic E-state index is 11.4. The van der Waals surface area contributed by atoms with Crippen molar-refractivity contribution in [2.45, 2.75) is 12.8 Å². The Morgan fingerprint density at radius 3 is 2.53 bits per heavy atom. The molecule has 6 rings (SSSR count). The van der Waals surface area contributed by atoms with Gasteiger partial charge in [-0.25, -0.2) is 14.3 Å². The summed E-state index contributed by atoms with van der Waals surface area (Å²) in [5.41, 5.74) is 6.69. The smallest absolute Gasteiger partial charge is 0.335 e. The van der Waals surface area contributed by atoms with Gasteiger partial charge in [0.2, 0.25) is 0 Å². The summed E-state index contributed by atoms with van der Waals surface area (Å²) in [6.45, 7) is 2.95. The molecule has 0 unspecified atom stereocenters. The quantitative estimate of drug-likeness (QED) is 0.389. The SMILES string of the molecule is O=C(O)c1ccc(-c2c(CCc3ccc4ccccc4n3)nc3c(N4CCOCC4)ccnn23)cc1. The molecule has 8 heteroatoms. The van der Waals surface area contributed by atoms with Crippen molar-refractivity contribution in [2.75, 3.05) is 31.2 Å². The number of nitrogens with zero attached hydrogens (tertiary/aromatic N) is 5. The Morgan fingerprint density at radius 1 is 0.917 bits per heavy atom. The molecule has 1 saturated heterocycles. The van der Waals surface area contributed by atoms with Crippen molar-refractivity contribution in [3.63, 3.8) is 0 Å². The molecule has 1 aliphatic heterocycles. The number of aromatic nitrogens is 4. The zero-order valence-corrected chi connectivity index (χ0v) is 19.7. The third-order valence-electron chi connectivity index (χ3n) is 6.60. The largest absolute Gasteiger partial charge is 0.478 e. The Kier molecular flexibility index (Phi) is 5.79. The van der Waals surface area contributed by atoms with E-state index >= 15 is 0 Å². The highest BCUT2D eigenvalue weighted by Gasteiger charge is 2.21. The van der Waals surface area contributed by atoms with Crippen LogP contribution in [-0.2, 0) is 17.6 Å². The van der Waals surface area contributed by atoms with E-state index in [1.807, 2.05) is 40.9 Å². The summed E-state index contributed by atoms with van der Waals surface area (Å²) in [5, 5.41) is 15.1. The minimum Gasteiger partial charge on any atom is -0.478 e. The number of anilines is 1. The van der Waals surface area contributed by atoms with E-state index in [9.17, 15) is 9.90 Å². The Bertz CT molecular complexity index is 1560. The number of hydrogen-bond donors (Lipinski definition) is 1. The Hall–Kier alpha value is -4.30. The van der Waals surface area contributed by atoms with Crippen LogP contribution >= 0.6 is 0 Å². The number of carbonyl (C=O) groups is 1. The van der Waals surface area contributed by atoms with Crippen molar-refractivity contribution >= 4 is 28.2 Å². The third-order valence-corrected chi connectivity index (χ3v) is 6.60. The summed E-state index contributed by atoms with van der Waals surface area (Å²) in [4.78, 5) is 23.6. The molecular formula is C28H25N5O3. The molecule has 1 fully saturated rings. The molecule has 180 valence electrons. The van der Waals surface area contributed by atoms with Gasteiger partial charge in [-0.3, -0.25) is 4.98 Å². The van der Waals surface area contributed by atoms with E-state index in [0.29, 0.717) is 19.6 Å². The number of ether oxygens (including phenoxy) is 1. The molecule has 1 N–H and O–H groups in total. The maximum Gasteiger partial charge on any atom is 0.335 e. The lowest BCUT2D eigenvalue weighted by Crippen LogP contribution is -2.36. The number of carboxylic acids is 1. The second kappa shape index (κ2) is 9.39. The zero-order valence-electron chi connectivity index (χ0n) is 19.7. The van der Waals surface area contributed by atoms with Crippen LogP contribution < -0.4 is 4.90 Å². The van der Waals surface area contributed by atoms with Gasteiger partial charge in [0.25, 0.3) is 0 Å². The highest BCUT2D eigenvalue weighted by molar-refractivity contribution is 5.88. The van der Waals surface area contributed by atoms with Gasteiger partial charge >= 0.3 is 5.97 Å². The van der Waals surface area contributed by atoms with Gasteiger partial charge in [-0.2, -0.15) is 5.10 Å². The summed E-state index contributed by atoms with van der Waals surface area (Å²) in [6.07, 6.45) is 3.19. The summed E-state index contributed by atoms with van der Waals surface area (Å²) in [5.74, 6) is -0.949. The molecular weight excluding hydrogens is 454 g/mol. The second-order valence-corrected chi connectivity index (χ2v) is 8.84. The van der Waals surface area contributed by atoms with Crippen LogP contribution in [0.25, 0.3) is 27.8 Å². The van der Waals surface area contributed by atoms with Crippen LogP contribution in [0, 0.1) is 0 Å². The number of carboxylic acid groups (broad SMARTS) is 1. The summed E-state index contributed by atoms with van der Waals surface area (Å²) in [7, 11) is 0. The Morgan fingerprint density at radius 2 is 1.72 bits per heavy atom. The Labute approximate surface area is 207 Å². The molecule has 8 nitrogen and oxygen atoms in total. The van der Waals surface area contributed by atoms with Gasteiger partial charge in [0.1, 0.15) is 0 Å². The highest BCUT2D eigenvalue weighted by Crippen LogP contribution is 2.30. The van der Waals surface area contributed by atoms with Gasteiger partial charge in [0.05, 0.1) is 47.6 Å². The number of fused-ring (bicyclic) bond motifs is 2. The molecule has 2 aromatic carbocycles. The number of pyridine rings is 1. The van der Waals surface area contributed by atoms with Crippen LogP contribution in [0.4, 0.5) is 5.69 Å². The van der Waals surface area contributed by atoms with E-state index in [0.717, 1.165) is 64.4 Å². The molecule has 0 saturated carbocycles. The first-order valence-electron chi connectivity index (χ1n) is 12.0. The van der Waals surface area contributed by atoms with Crippen LogP contribution in [0.5, 0.6) is 0 Å². The van der Waals surface area contributed by atoms with E-state index in [1.54, 1.807) is 18.3 Å². The molecule has 3 aromatic heterocycles. The predicted molar refractivity (Wildman–Crippen MR) is 138 cm³/mol. The number of aryl methyl sites for hydroxylation is 2. The molecule has 1 aliphatic rings. The third kappa shape index (κ3) is 4.16. The van der Waals surface area contributed by atoms with Crippen molar-refractivity contribution in [3.8, 4) is 11.3 Å². The van der Waals surface area contributed by atoms with Crippen molar-refractivity contribution in [1.82, 2.24) is 19.6 Å². The van der Waals surface area contributed by atoms with E-state index in [-0.39, 0.29) is 5.56 Å². The number of para-hydroxylation sites is 1. The van der Waals surface area contributed by atoms with Crippen molar-refractivity contribution < 1.29 is 14.6 Å². The van der Waals surface area contributed by atoms with Crippen LogP contribution in [0.1, 0.15) is 21.7 Å². The molecule has 4 heterocycles. The number of aromatic carboxylic acids is 1. The molecule has 36 heavy (non-hydrogen) atoms. The molecule has 5 aromatic rings. The second-order valence-electron chi connectivity index (χ2n) is 8.84. The zero-order chi connectivity index (χ0) is 24.5. The summed E-state index contributed by atoms with van der Waals surface area (Å²) >= 11 is 0. The van der Waals surface area contributed by atoms with Crippen LogP contribution in [0.3, 0.4) is 0 Å². The number of rotatable bonds is 6. The minimum atomic E-state index is -0.949. The lowest BCUT2D eigenvalue weighted by molar-refractivity contribution is 0.0697. The van der Waals surface area contributed by atoms with Crippen LogP contribution in [0.2, 0.25) is 0 Å². The lowest BCUT2D eigenvalue weighted by atomic mass is 10.0. The summed E-state index contributed by atoms with van der Waals surface area (Å²) in [6, 6.07) is 21.2. The molecule has 0 amide bonds. The van der Waals surface area contributed by atoms with Gasteiger partial charge in [-0.05, 0) is 43.2 Å². The van der Waals surface area contributed by atoms with Gasteiger partial charge in [-0.1, -0.05) is 36.4 Å². The van der Waals surface area contributed by atoms with E-state index in [2.05, 4.69) is 28.2 Å². The normalized spacial score (nSPS) is 13.9. The number of benzene rings is 2. The summed E-state index contributed by atoms with van der Waals surface area (Å²) < 4.78 is 7.42. The predicted octanol–water partition coefficient (Wildman–Crippen LogP) is 4.26. The molecule has 0 bridgehead atoms. The van der Waals surface area contributed by atoms with Crippen LogP contribution in [-0.4, -0.2) is 57.0 Å². The standard InChI is InChI=1S/C28H25N5O3/c34-28(35)21-7-5-20(6-8-21)26-24(12-11-22-10-9-19-3-1-2-4-23(19)30-22)31-27-25(13-14-29-33(26)27)32-15-17-36-18-16-32/h1-10,13-14H,11-12,15-18H2,(H,34,35). The van der Waals surface area contributed by atoms with Gasteiger partial charge in [0, 0.05) is 29.7 Å². The minimum absolute atomic E-state index is 0.247. The fourth-order valence-electron chi connectivity index (χ4n) is 4.76. The average molecular weight is 480 g/mol. The molecule has 0 atom stereocenters. The average Bonchev–Trinajstić information content (AvgIpc) is 3.31. The van der Waals surface area contributed by atoms with Gasteiger partial charge < -0.3 is 14.7 Å². The van der Waals surface area contributed by atoms with Gasteiger partial charge in [0.15, 0.2) is 5.65 Å². The Balaban J connectivity index is 1.42. The molecule has 0 radical (unpaired) electrons. The van der Waals surface area contributed by atoms with Crippen molar-refractivity contribution in [2.24, 2.45) is 0 Å². The topological polar surface area (TPSA) is 92.8 Å². The lowest BCUT2D eigenvalue weighted by Gasteiger charge is -2.28. The number of morpholine rings is 1. The highest BCUT2D eigenvalue weighted by atomic mass is 16.5. The first kappa shape index (κ1) is 22.2. The van der Waals surface area contributed by atoms with Crippen molar-refractivity contribution in [1.29, 1.82) is 0 Å². The number of hydrogen-bond acceptors (Lipinski definition) is 6. The van der Waals surface area contributed by atoms with Crippen LogP contribution in [0.15, 0.2) is 72.9 Å². The van der Waals surface area contributed by atoms with E-state index in [4.69, 9.17) is 14.7 Å². The maximum absolute atomic E-state index is 11.4. The van der Waals surface area contributed by atoms with E-state index < -0.39 is 5.97 Å². The van der Waals surface area contributed by atoms with Crippen molar-refractivity contribution in [3.05, 3.63) is 89.9 Å². The number of imidazole rings is 1. The first-order valence-corrected chi connectivity index (χ1v) is 12.0. The fourth-order valence-corrected chi connectivity index (χ4v) is 4.76. The monoisotopic (exact) mass is 479 g/mol.